The molecule has 2 atom stereocenters. The van der Waals surface area contributed by atoms with E-state index < -0.39 is 0 Å². The number of rotatable bonds is 5. The first kappa shape index (κ1) is 21.4. The Morgan fingerprint density at radius 1 is 1.19 bits per heavy atom. The Kier molecular flexibility index (Phi) is 6.62. The molecule has 0 spiro atoms. The van der Waals surface area contributed by atoms with Crippen LogP contribution in [-0.4, -0.2) is 65.0 Å². The molecule has 31 heavy (non-hydrogen) atoms. The summed E-state index contributed by atoms with van der Waals surface area (Å²) in [6, 6.07) is 2.19. The van der Waals surface area contributed by atoms with Gasteiger partial charge in [-0.2, -0.15) is 5.26 Å². The Bertz CT molecular complexity index is 964. The van der Waals surface area contributed by atoms with E-state index in [1.807, 2.05) is 0 Å². The topological polar surface area (TPSA) is 98.0 Å². The average molecular weight is 422 g/mol. The molecule has 2 aliphatic heterocycles. The van der Waals surface area contributed by atoms with Crippen LogP contribution in [0.15, 0.2) is 18.6 Å². The van der Waals surface area contributed by atoms with Gasteiger partial charge in [0.1, 0.15) is 17.1 Å². The predicted octanol–water partition coefficient (Wildman–Crippen LogP) is 2.35. The second-order valence-corrected chi connectivity index (χ2v) is 9.15. The van der Waals surface area contributed by atoms with Crippen molar-refractivity contribution in [2.24, 2.45) is 11.8 Å². The fourth-order valence-corrected chi connectivity index (χ4v) is 4.90. The van der Waals surface area contributed by atoms with Crippen molar-refractivity contribution in [2.45, 2.75) is 45.1 Å². The van der Waals surface area contributed by atoms with Gasteiger partial charge in [0.15, 0.2) is 5.69 Å². The maximum atomic E-state index is 12.7. The van der Waals surface area contributed by atoms with Crippen LogP contribution >= 0.6 is 0 Å². The number of carbonyl (C=O) groups excluding carboxylic acids is 1. The zero-order chi connectivity index (χ0) is 21.8. The van der Waals surface area contributed by atoms with Gasteiger partial charge in [0, 0.05) is 37.9 Å². The molecule has 2 saturated heterocycles. The summed E-state index contributed by atoms with van der Waals surface area (Å²) in [5, 5.41) is 12.6. The summed E-state index contributed by atoms with van der Waals surface area (Å²) in [6.45, 7) is 6.05. The molecule has 0 aromatic carbocycles. The summed E-state index contributed by atoms with van der Waals surface area (Å²) >= 11 is 0. The minimum atomic E-state index is 0.0936. The van der Waals surface area contributed by atoms with E-state index in [1.165, 1.54) is 12.8 Å². The van der Waals surface area contributed by atoms with Crippen LogP contribution in [-0.2, 0) is 4.79 Å². The number of nitrogens with zero attached hydrogens (tertiary/aromatic N) is 6. The molecule has 4 heterocycles. The number of nitriles is 1. The van der Waals surface area contributed by atoms with Crippen molar-refractivity contribution in [3.8, 4) is 6.07 Å². The van der Waals surface area contributed by atoms with E-state index in [-0.39, 0.29) is 17.6 Å². The molecule has 2 fully saturated rings. The van der Waals surface area contributed by atoms with Gasteiger partial charge in [0.2, 0.25) is 5.91 Å². The molecule has 0 saturated carbocycles. The molecule has 4 rings (SSSR count). The van der Waals surface area contributed by atoms with Crippen LogP contribution in [0, 0.1) is 23.2 Å². The van der Waals surface area contributed by atoms with Gasteiger partial charge >= 0.3 is 0 Å². The standard InChI is InChI=1S/C23H31N7O/c1-16-11-18(28-21(31)4-3-17-5-9-29(2)10-6-17)15-30(14-16)20-13-27-19(12-24)22-23(20)26-8-7-25-22/h7-8,13,16-18H,3-6,9-11,14-15H2,1-2H3,(H,28,31)/t16?,18-/m1/s1. The van der Waals surface area contributed by atoms with Crippen molar-refractivity contribution in [1.82, 2.24) is 25.2 Å². The number of carbonyl (C=O) groups is 1. The third-order valence-electron chi connectivity index (χ3n) is 6.57. The van der Waals surface area contributed by atoms with Crippen molar-refractivity contribution < 1.29 is 4.79 Å². The SMILES string of the molecule is CC1C[C@@H](NC(=O)CCC2CCN(C)CC2)CN(c2cnc(C#N)c3nccnc23)C1. The van der Waals surface area contributed by atoms with E-state index in [4.69, 9.17) is 0 Å². The molecule has 8 nitrogen and oxygen atoms in total. The number of amides is 1. The van der Waals surface area contributed by atoms with E-state index in [9.17, 15) is 10.1 Å². The molecule has 2 aromatic rings. The second kappa shape index (κ2) is 9.56. The molecule has 0 aliphatic carbocycles. The Labute approximate surface area is 183 Å². The van der Waals surface area contributed by atoms with Gasteiger partial charge in [-0.3, -0.25) is 9.78 Å². The molecule has 1 N–H and O–H groups in total. The molecule has 1 unspecified atom stereocenters. The van der Waals surface area contributed by atoms with Crippen LogP contribution in [0.2, 0.25) is 0 Å². The van der Waals surface area contributed by atoms with Crippen molar-refractivity contribution in [1.29, 1.82) is 5.26 Å². The largest absolute Gasteiger partial charge is 0.366 e. The van der Waals surface area contributed by atoms with Gasteiger partial charge in [-0.05, 0) is 57.7 Å². The Morgan fingerprint density at radius 3 is 2.68 bits per heavy atom. The summed E-state index contributed by atoms with van der Waals surface area (Å²) in [6.07, 6.45) is 9.87. The van der Waals surface area contributed by atoms with Gasteiger partial charge in [-0.1, -0.05) is 6.92 Å². The Morgan fingerprint density at radius 2 is 1.94 bits per heavy atom. The minimum Gasteiger partial charge on any atom is -0.366 e. The van der Waals surface area contributed by atoms with E-state index in [2.05, 4.69) is 50.1 Å². The number of hydrogen-bond donors (Lipinski definition) is 1. The first-order valence-electron chi connectivity index (χ1n) is 11.3. The molecular weight excluding hydrogens is 390 g/mol. The zero-order valence-electron chi connectivity index (χ0n) is 18.4. The van der Waals surface area contributed by atoms with Crippen molar-refractivity contribution in [3.63, 3.8) is 0 Å². The van der Waals surface area contributed by atoms with Gasteiger partial charge in [-0.15, -0.1) is 0 Å². The molecule has 1 amide bonds. The van der Waals surface area contributed by atoms with Crippen LogP contribution in [0.5, 0.6) is 0 Å². The van der Waals surface area contributed by atoms with Crippen molar-refractivity contribution in [2.75, 3.05) is 38.1 Å². The summed E-state index contributed by atoms with van der Waals surface area (Å²) < 4.78 is 0. The maximum absolute atomic E-state index is 12.7. The lowest BCUT2D eigenvalue weighted by molar-refractivity contribution is -0.122. The van der Waals surface area contributed by atoms with Crippen LogP contribution in [0.1, 0.15) is 44.7 Å². The smallest absolute Gasteiger partial charge is 0.220 e. The number of nitrogens with one attached hydrogen (secondary N) is 1. The van der Waals surface area contributed by atoms with Gasteiger partial charge < -0.3 is 15.1 Å². The molecule has 8 heteroatoms. The lowest BCUT2D eigenvalue weighted by Gasteiger charge is -2.38. The number of pyridine rings is 1. The fraction of sp³-hybridized carbons (Fsp3) is 0.609. The van der Waals surface area contributed by atoms with Crippen molar-refractivity contribution in [3.05, 3.63) is 24.3 Å². The number of hydrogen-bond acceptors (Lipinski definition) is 7. The lowest BCUT2D eigenvalue weighted by atomic mass is 9.92. The monoisotopic (exact) mass is 421 g/mol. The van der Waals surface area contributed by atoms with E-state index in [1.54, 1.807) is 18.6 Å². The molecular formula is C23H31N7O. The van der Waals surface area contributed by atoms with Crippen LogP contribution in [0.25, 0.3) is 11.0 Å². The van der Waals surface area contributed by atoms with Gasteiger partial charge in [-0.25, -0.2) is 9.97 Å². The first-order chi connectivity index (χ1) is 15.0. The number of anilines is 1. The van der Waals surface area contributed by atoms with Gasteiger partial charge in [0.25, 0.3) is 0 Å². The highest BCUT2D eigenvalue weighted by Crippen LogP contribution is 2.29. The zero-order valence-corrected chi connectivity index (χ0v) is 18.4. The lowest BCUT2D eigenvalue weighted by Crippen LogP contribution is -2.50. The molecule has 164 valence electrons. The third kappa shape index (κ3) is 5.10. The number of likely N-dealkylation sites (tertiary alicyclic amines) is 1. The third-order valence-corrected chi connectivity index (χ3v) is 6.57. The average Bonchev–Trinajstić information content (AvgIpc) is 2.77. The highest BCUT2D eigenvalue weighted by molar-refractivity contribution is 5.90. The highest BCUT2D eigenvalue weighted by atomic mass is 16.1. The molecule has 2 aromatic heterocycles. The Balaban J connectivity index is 1.40. The molecule has 0 bridgehead atoms. The number of fused-ring (bicyclic) bond motifs is 1. The van der Waals surface area contributed by atoms with Crippen molar-refractivity contribution >= 4 is 22.6 Å². The minimum absolute atomic E-state index is 0.0936. The molecule has 2 aliphatic rings. The summed E-state index contributed by atoms with van der Waals surface area (Å²) in [5.41, 5.74) is 2.38. The Hall–Kier alpha value is -2.79. The van der Waals surface area contributed by atoms with E-state index >= 15 is 0 Å². The van der Waals surface area contributed by atoms with Crippen LogP contribution < -0.4 is 10.2 Å². The van der Waals surface area contributed by atoms with Crippen LogP contribution in [0.3, 0.4) is 0 Å². The maximum Gasteiger partial charge on any atom is 0.220 e. The summed E-state index contributed by atoms with van der Waals surface area (Å²) in [7, 11) is 2.16. The number of aromatic nitrogens is 3. The van der Waals surface area contributed by atoms with E-state index in [0.717, 1.165) is 38.2 Å². The van der Waals surface area contributed by atoms with E-state index in [0.29, 0.717) is 35.8 Å². The predicted molar refractivity (Wildman–Crippen MR) is 119 cm³/mol. The van der Waals surface area contributed by atoms with Gasteiger partial charge in [0.05, 0.1) is 11.9 Å². The number of piperidine rings is 2. The summed E-state index contributed by atoms with van der Waals surface area (Å²) in [5.74, 6) is 1.24. The quantitative estimate of drug-likeness (QED) is 0.791. The highest BCUT2D eigenvalue weighted by Gasteiger charge is 2.28. The fourth-order valence-electron chi connectivity index (χ4n) is 4.90. The van der Waals surface area contributed by atoms with Crippen LogP contribution in [0.4, 0.5) is 5.69 Å². The second-order valence-electron chi connectivity index (χ2n) is 9.15. The normalized spacial score (nSPS) is 22.9. The first-order valence-corrected chi connectivity index (χ1v) is 11.3. The molecule has 0 radical (unpaired) electrons. The summed E-state index contributed by atoms with van der Waals surface area (Å²) in [4.78, 5) is 30.3.